The van der Waals surface area contributed by atoms with E-state index >= 15 is 0 Å². The molecule has 0 fully saturated rings. The zero-order chi connectivity index (χ0) is 13.2. The van der Waals surface area contributed by atoms with Crippen molar-refractivity contribution in [3.05, 3.63) is 52.5 Å². The Hall–Kier alpha value is -1.94. The zero-order valence-electron chi connectivity index (χ0n) is 10.7. The summed E-state index contributed by atoms with van der Waals surface area (Å²) in [7, 11) is 0. The lowest BCUT2D eigenvalue weighted by Gasteiger charge is -2.06. The summed E-state index contributed by atoms with van der Waals surface area (Å²) >= 11 is 1.49. The number of carbonyl (C=O) groups is 1. The highest BCUT2D eigenvalue weighted by molar-refractivity contribution is 7.12. The Morgan fingerprint density at radius 1 is 1.26 bits per heavy atom. The minimum atomic E-state index is 0.146. The van der Waals surface area contributed by atoms with Gasteiger partial charge in [-0.1, -0.05) is 25.1 Å². The zero-order valence-corrected chi connectivity index (χ0v) is 11.5. The summed E-state index contributed by atoms with van der Waals surface area (Å²) in [5.74, 6) is 1.11. The van der Waals surface area contributed by atoms with Crippen LogP contribution >= 0.6 is 11.3 Å². The van der Waals surface area contributed by atoms with Gasteiger partial charge in [0.25, 0.3) is 0 Å². The molecule has 96 valence electrons. The number of thiophene rings is 1. The monoisotopic (exact) mass is 270 g/mol. The van der Waals surface area contributed by atoms with E-state index in [1.165, 1.54) is 11.3 Å². The van der Waals surface area contributed by atoms with Crippen LogP contribution in [0.15, 0.2) is 41.8 Å². The molecule has 0 bridgehead atoms. The molecule has 0 saturated heterocycles. The maximum Gasteiger partial charge on any atom is 0.192 e. The van der Waals surface area contributed by atoms with Gasteiger partial charge in [0.1, 0.15) is 5.82 Å². The van der Waals surface area contributed by atoms with Crippen LogP contribution in [0.25, 0.3) is 11.0 Å². The predicted octanol–water partition coefficient (Wildman–Crippen LogP) is 3.54. The summed E-state index contributed by atoms with van der Waals surface area (Å²) in [4.78, 5) is 17.6. The molecule has 0 atom stereocenters. The Morgan fingerprint density at radius 3 is 2.84 bits per heavy atom. The number of aromatic nitrogens is 2. The van der Waals surface area contributed by atoms with Crippen LogP contribution in [0.3, 0.4) is 0 Å². The second-order valence-corrected chi connectivity index (χ2v) is 5.30. The van der Waals surface area contributed by atoms with Crippen LogP contribution in [0.1, 0.15) is 22.4 Å². The summed E-state index contributed by atoms with van der Waals surface area (Å²) in [6.45, 7) is 2.43. The number of fused-ring (bicyclic) bond motifs is 1. The topological polar surface area (TPSA) is 34.9 Å². The van der Waals surface area contributed by atoms with Gasteiger partial charge in [-0.15, -0.1) is 11.3 Å². The molecule has 1 aromatic carbocycles. The van der Waals surface area contributed by atoms with Crippen molar-refractivity contribution in [2.75, 3.05) is 0 Å². The molecule has 0 aliphatic carbocycles. The van der Waals surface area contributed by atoms with Crippen molar-refractivity contribution in [3.8, 4) is 0 Å². The average molecular weight is 270 g/mol. The third-order valence-corrected chi connectivity index (χ3v) is 4.06. The number of imidazole rings is 1. The first-order valence-electron chi connectivity index (χ1n) is 6.30. The van der Waals surface area contributed by atoms with E-state index in [0.29, 0.717) is 6.54 Å². The van der Waals surface area contributed by atoms with E-state index in [4.69, 9.17) is 0 Å². The fourth-order valence-corrected chi connectivity index (χ4v) is 2.89. The maximum atomic E-state index is 12.2. The minimum Gasteiger partial charge on any atom is -0.320 e. The first-order chi connectivity index (χ1) is 9.29. The summed E-state index contributed by atoms with van der Waals surface area (Å²) in [5.41, 5.74) is 1.99. The summed E-state index contributed by atoms with van der Waals surface area (Å²) in [6, 6.07) is 11.7. The molecular weight excluding hydrogens is 256 g/mol. The Labute approximate surface area is 115 Å². The molecule has 3 rings (SSSR count). The van der Waals surface area contributed by atoms with E-state index in [0.717, 1.165) is 28.2 Å². The molecule has 0 unspecified atom stereocenters. The van der Waals surface area contributed by atoms with Crippen LogP contribution in [0.2, 0.25) is 0 Å². The van der Waals surface area contributed by atoms with Gasteiger partial charge < -0.3 is 4.57 Å². The Kier molecular flexibility index (Phi) is 3.17. The number of hydrogen-bond acceptors (Lipinski definition) is 3. The maximum absolute atomic E-state index is 12.2. The molecule has 0 aliphatic rings. The summed E-state index contributed by atoms with van der Waals surface area (Å²) < 4.78 is 2.03. The minimum absolute atomic E-state index is 0.146. The van der Waals surface area contributed by atoms with Gasteiger partial charge in [0.15, 0.2) is 5.78 Å². The van der Waals surface area contributed by atoms with Gasteiger partial charge in [-0.25, -0.2) is 4.98 Å². The largest absolute Gasteiger partial charge is 0.320 e. The molecule has 0 saturated carbocycles. The third kappa shape index (κ3) is 2.19. The van der Waals surface area contributed by atoms with Crippen LogP contribution in [0.5, 0.6) is 0 Å². The van der Waals surface area contributed by atoms with E-state index < -0.39 is 0 Å². The van der Waals surface area contributed by atoms with Crippen LogP contribution < -0.4 is 0 Å². The molecule has 4 heteroatoms. The van der Waals surface area contributed by atoms with Crippen molar-refractivity contribution >= 4 is 28.2 Å². The van der Waals surface area contributed by atoms with Gasteiger partial charge in [0.2, 0.25) is 0 Å². The van der Waals surface area contributed by atoms with Gasteiger partial charge in [-0.05, 0) is 23.6 Å². The molecule has 0 aliphatic heterocycles. The molecule has 19 heavy (non-hydrogen) atoms. The summed E-state index contributed by atoms with van der Waals surface area (Å²) in [6.07, 6.45) is 0.826. The highest BCUT2D eigenvalue weighted by Crippen LogP contribution is 2.18. The standard InChI is InChI=1S/C15H14N2OS/c1-2-15-16-11-6-3-4-7-12(11)17(15)10-13(18)14-8-5-9-19-14/h3-9H,2,10H2,1H3. The number of ketones is 1. The Balaban J connectivity index is 2.02. The Morgan fingerprint density at radius 2 is 2.11 bits per heavy atom. The smallest absolute Gasteiger partial charge is 0.192 e. The lowest BCUT2D eigenvalue weighted by molar-refractivity contribution is 0.0976. The van der Waals surface area contributed by atoms with Crippen LogP contribution in [0, 0.1) is 0 Å². The van der Waals surface area contributed by atoms with Crippen LogP contribution in [0.4, 0.5) is 0 Å². The number of aryl methyl sites for hydroxylation is 1. The molecule has 0 amide bonds. The van der Waals surface area contributed by atoms with E-state index in [-0.39, 0.29) is 5.78 Å². The average Bonchev–Trinajstić information content (AvgIpc) is 3.06. The number of para-hydroxylation sites is 2. The van der Waals surface area contributed by atoms with Gasteiger partial charge in [0, 0.05) is 6.42 Å². The van der Waals surface area contributed by atoms with Crippen molar-refractivity contribution in [2.24, 2.45) is 0 Å². The molecule has 3 aromatic rings. The SMILES string of the molecule is CCc1nc2ccccc2n1CC(=O)c1cccs1. The molecule has 2 aromatic heterocycles. The first kappa shape index (κ1) is 12.1. The lowest BCUT2D eigenvalue weighted by Crippen LogP contribution is -2.11. The summed E-state index contributed by atoms with van der Waals surface area (Å²) in [5, 5.41) is 1.93. The quantitative estimate of drug-likeness (QED) is 0.680. The van der Waals surface area contributed by atoms with Crippen molar-refractivity contribution in [3.63, 3.8) is 0 Å². The van der Waals surface area contributed by atoms with Crippen molar-refractivity contribution in [1.82, 2.24) is 9.55 Å². The molecule has 0 radical (unpaired) electrons. The van der Waals surface area contributed by atoms with Crippen molar-refractivity contribution < 1.29 is 4.79 Å². The number of nitrogens with zero attached hydrogens (tertiary/aromatic N) is 2. The number of carbonyl (C=O) groups excluding carboxylic acids is 1. The predicted molar refractivity (Wildman–Crippen MR) is 77.8 cm³/mol. The highest BCUT2D eigenvalue weighted by atomic mass is 32.1. The van der Waals surface area contributed by atoms with Crippen LogP contribution in [-0.2, 0) is 13.0 Å². The molecule has 2 heterocycles. The van der Waals surface area contributed by atoms with Crippen molar-refractivity contribution in [2.45, 2.75) is 19.9 Å². The molecule has 0 N–H and O–H groups in total. The molecule has 3 nitrogen and oxygen atoms in total. The van der Waals surface area contributed by atoms with E-state index in [1.807, 2.05) is 46.3 Å². The number of benzene rings is 1. The Bertz CT molecular complexity index is 713. The molecule has 0 spiro atoms. The van der Waals surface area contributed by atoms with E-state index in [2.05, 4.69) is 11.9 Å². The van der Waals surface area contributed by atoms with E-state index in [9.17, 15) is 4.79 Å². The van der Waals surface area contributed by atoms with Gasteiger partial charge >= 0.3 is 0 Å². The number of hydrogen-bond donors (Lipinski definition) is 0. The van der Waals surface area contributed by atoms with Crippen molar-refractivity contribution in [1.29, 1.82) is 0 Å². The van der Waals surface area contributed by atoms with E-state index in [1.54, 1.807) is 0 Å². The fraction of sp³-hybridized carbons (Fsp3) is 0.200. The normalized spacial score (nSPS) is 11.0. The number of rotatable bonds is 4. The third-order valence-electron chi connectivity index (χ3n) is 3.15. The first-order valence-corrected chi connectivity index (χ1v) is 7.18. The van der Waals surface area contributed by atoms with Crippen LogP contribution in [-0.4, -0.2) is 15.3 Å². The second kappa shape index (κ2) is 4.97. The van der Waals surface area contributed by atoms with Gasteiger partial charge in [0.05, 0.1) is 22.5 Å². The lowest BCUT2D eigenvalue weighted by atomic mass is 10.3. The van der Waals surface area contributed by atoms with Gasteiger partial charge in [-0.2, -0.15) is 0 Å². The number of Topliss-reactive ketones (excluding diaryl/α,β-unsaturated/α-hetero) is 1. The van der Waals surface area contributed by atoms with Gasteiger partial charge in [-0.3, -0.25) is 4.79 Å². The second-order valence-electron chi connectivity index (χ2n) is 4.36. The fourth-order valence-electron chi connectivity index (χ4n) is 2.23. The molecular formula is C15H14N2OS. The highest BCUT2D eigenvalue weighted by Gasteiger charge is 2.13.